The second kappa shape index (κ2) is 9.44. The van der Waals surface area contributed by atoms with Crippen molar-refractivity contribution in [2.24, 2.45) is 5.41 Å². The zero-order chi connectivity index (χ0) is 16.8. The van der Waals surface area contributed by atoms with Gasteiger partial charge in [0.25, 0.3) is 0 Å². The predicted molar refractivity (Wildman–Crippen MR) is 104 cm³/mol. The lowest BCUT2D eigenvalue weighted by Gasteiger charge is -2.45. The van der Waals surface area contributed by atoms with Crippen molar-refractivity contribution in [3.05, 3.63) is 29.8 Å². The van der Waals surface area contributed by atoms with Gasteiger partial charge in [0.05, 0.1) is 6.61 Å². The first kappa shape index (κ1) is 20.1. The van der Waals surface area contributed by atoms with Crippen molar-refractivity contribution < 1.29 is 9.53 Å². The summed E-state index contributed by atoms with van der Waals surface area (Å²) in [5.41, 5.74) is 1.63. The molecule has 4 nitrogen and oxygen atoms in total. The highest BCUT2D eigenvalue weighted by Gasteiger charge is 2.39. The van der Waals surface area contributed by atoms with Crippen LogP contribution in [0.4, 0.5) is 0 Å². The maximum atomic E-state index is 12.3. The molecule has 140 valence electrons. The lowest BCUT2D eigenvalue weighted by Crippen LogP contribution is -2.50. The van der Waals surface area contributed by atoms with E-state index in [0.29, 0.717) is 17.9 Å². The van der Waals surface area contributed by atoms with Gasteiger partial charge in [0, 0.05) is 19.5 Å². The zero-order valence-corrected chi connectivity index (χ0v) is 16.1. The number of benzene rings is 1. The maximum absolute atomic E-state index is 12.3. The van der Waals surface area contributed by atoms with Crippen LogP contribution >= 0.6 is 12.4 Å². The second-order valence-electron chi connectivity index (χ2n) is 7.21. The number of aryl methyl sites for hydroxylation is 1. The van der Waals surface area contributed by atoms with Crippen molar-refractivity contribution in [2.45, 2.75) is 45.4 Å². The summed E-state index contributed by atoms with van der Waals surface area (Å²) >= 11 is 0. The summed E-state index contributed by atoms with van der Waals surface area (Å²) in [4.78, 5) is 14.4. The van der Waals surface area contributed by atoms with Crippen LogP contribution in [0.2, 0.25) is 0 Å². The Bertz CT molecular complexity index is 558. The minimum absolute atomic E-state index is 0. The predicted octanol–water partition coefficient (Wildman–Crippen LogP) is 3.43. The molecule has 1 amide bonds. The second-order valence-corrected chi connectivity index (χ2v) is 7.21. The van der Waals surface area contributed by atoms with Crippen LogP contribution in [0, 0.1) is 5.41 Å². The van der Waals surface area contributed by atoms with Gasteiger partial charge in [-0.15, -0.1) is 12.4 Å². The highest BCUT2D eigenvalue weighted by atomic mass is 35.5. The maximum Gasteiger partial charge on any atom is 0.222 e. The van der Waals surface area contributed by atoms with Crippen molar-refractivity contribution in [3.63, 3.8) is 0 Å². The van der Waals surface area contributed by atoms with Gasteiger partial charge in [-0.25, -0.2) is 0 Å². The number of amides is 1. The Kier molecular flexibility index (Phi) is 7.57. The first-order chi connectivity index (χ1) is 11.7. The summed E-state index contributed by atoms with van der Waals surface area (Å²) in [6.07, 6.45) is 6.21. The smallest absolute Gasteiger partial charge is 0.222 e. The molecule has 0 atom stereocenters. The fraction of sp³-hybridized carbons (Fsp3) is 0.650. The van der Waals surface area contributed by atoms with Gasteiger partial charge in [-0.3, -0.25) is 4.79 Å². The summed E-state index contributed by atoms with van der Waals surface area (Å²) < 4.78 is 5.70. The molecule has 2 aliphatic heterocycles. The van der Waals surface area contributed by atoms with E-state index in [4.69, 9.17) is 4.74 Å². The Hall–Kier alpha value is -1.26. The third kappa shape index (κ3) is 5.11. The molecular weight excluding hydrogens is 336 g/mol. The quantitative estimate of drug-likeness (QED) is 0.838. The Balaban J connectivity index is 0.00000225. The van der Waals surface area contributed by atoms with Gasteiger partial charge in [-0.2, -0.15) is 0 Å². The Morgan fingerprint density at radius 2 is 1.96 bits per heavy atom. The number of para-hydroxylation sites is 1. The Morgan fingerprint density at radius 3 is 2.72 bits per heavy atom. The van der Waals surface area contributed by atoms with Crippen molar-refractivity contribution in [1.82, 2.24) is 10.2 Å². The molecule has 1 aromatic carbocycles. The van der Waals surface area contributed by atoms with E-state index in [1.807, 2.05) is 19.1 Å². The van der Waals surface area contributed by atoms with Gasteiger partial charge in [-0.1, -0.05) is 18.2 Å². The number of piperidine rings is 2. The number of rotatable bonds is 6. The molecule has 2 aliphatic rings. The van der Waals surface area contributed by atoms with E-state index in [1.165, 1.54) is 18.4 Å². The highest BCUT2D eigenvalue weighted by Crippen LogP contribution is 2.38. The van der Waals surface area contributed by atoms with Crippen LogP contribution in [0.1, 0.15) is 44.6 Å². The first-order valence-corrected chi connectivity index (χ1v) is 9.42. The first-order valence-electron chi connectivity index (χ1n) is 9.42. The summed E-state index contributed by atoms with van der Waals surface area (Å²) in [6.45, 7) is 6.74. The van der Waals surface area contributed by atoms with E-state index in [0.717, 1.165) is 57.6 Å². The molecule has 0 aromatic heterocycles. The molecule has 1 spiro atoms. The summed E-state index contributed by atoms with van der Waals surface area (Å²) in [5, 5.41) is 3.45. The van der Waals surface area contributed by atoms with E-state index in [9.17, 15) is 4.79 Å². The minimum atomic E-state index is 0. The third-order valence-electron chi connectivity index (χ3n) is 5.56. The zero-order valence-electron chi connectivity index (χ0n) is 15.3. The number of hydrogen-bond acceptors (Lipinski definition) is 3. The molecule has 5 heteroatoms. The van der Waals surface area contributed by atoms with Gasteiger partial charge >= 0.3 is 0 Å². The molecule has 0 saturated carbocycles. The summed E-state index contributed by atoms with van der Waals surface area (Å²) in [5.74, 6) is 1.33. The number of nitrogens with zero attached hydrogens (tertiary/aromatic N) is 1. The van der Waals surface area contributed by atoms with Crippen molar-refractivity contribution >= 4 is 18.3 Å². The van der Waals surface area contributed by atoms with E-state index < -0.39 is 0 Å². The molecule has 0 unspecified atom stereocenters. The van der Waals surface area contributed by atoms with Crippen LogP contribution in [0.3, 0.4) is 0 Å². The van der Waals surface area contributed by atoms with E-state index >= 15 is 0 Å². The SMILES string of the molecule is CCOc1ccccc1CCCN1CC2(CCNCC2)CCC1=O.Cl. The van der Waals surface area contributed by atoms with E-state index in [2.05, 4.69) is 22.3 Å². The molecule has 2 heterocycles. The monoisotopic (exact) mass is 366 g/mol. The average molecular weight is 367 g/mol. The molecule has 2 fully saturated rings. The highest BCUT2D eigenvalue weighted by molar-refractivity contribution is 5.85. The Labute approximate surface area is 157 Å². The number of carbonyl (C=O) groups excluding carboxylic acids is 1. The van der Waals surface area contributed by atoms with Gasteiger partial charge in [0.2, 0.25) is 5.91 Å². The lowest BCUT2D eigenvalue weighted by molar-refractivity contribution is -0.138. The van der Waals surface area contributed by atoms with Gasteiger partial charge in [0.15, 0.2) is 0 Å². The number of likely N-dealkylation sites (tertiary alicyclic amines) is 1. The lowest BCUT2D eigenvalue weighted by atomic mass is 9.72. The van der Waals surface area contributed by atoms with Crippen LogP contribution in [0.25, 0.3) is 0 Å². The molecule has 2 saturated heterocycles. The molecule has 0 radical (unpaired) electrons. The number of halogens is 1. The molecule has 1 N–H and O–H groups in total. The Morgan fingerprint density at radius 1 is 1.20 bits per heavy atom. The number of carbonyl (C=O) groups is 1. The average Bonchev–Trinajstić information content (AvgIpc) is 2.61. The summed E-state index contributed by atoms with van der Waals surface area (Å²) in [7, 11) is 0. The summed E-state index contributed by atoms with van der Waals surface area (Å²) in [6, 6.07) is 8.25. The molecule has 1 aromatic rings. The van der Waals surface area contributed by atoms with Crippen molar-refractivity contribution in [2.75, 3.05) is 32.8 Å². The number of nitrogens with one attached hydrogen (secondary N) is 1. The minimum Gasteiger partial charge on any atom is -0.494 e. The van der Waals surface area contributed by atoms with Crippen molar-refractivity contribution in [3.8, 4) is 5.75 Å². The fourth-order valence-corrected chi connectivity index (χ4v) is 4.14. The van der Waals surface area contributed by atoms with Gasteiger partial charge < -0.3 is 15.0 Å². The van der Waals surface area contributed by atoms with Gasteiger partial charge in [-0.05, 0) is 69.2 Å². The van der Waals surface area contributed by atoms with E-state index in [-0.39, 0.29) is 12.4 Å². The molecular formula is C20H31ClN2O2. The largest absolute Gasteiger partial charge is 0.494 e. The van der Waals surface area contributed by atoms with Crippen LogP contribution in [0.15, 0.2) is 24.3 Å². The molecule has 0 aliphatic carbocycles. The molecule has 3 rings (SSSR count). The fourth-order valence-electron chi connectivity index (χ4n) is 4.14. The number of hydrogen-bond donors (Lipinski definition) is 1. The van der Waals surface area contributed by atoms with Crippen LogP contribution in [0.5, 0.6) is 5.75 Å². The van der Waals surface area contributed by atoms with Crippen molar-refractivity contribution in [1.29, 1.82) is 0 Å². The van der Waals surface area contributed by atoms with Crippen LogP contribution in [-0.4, -0.2) is 43.6 Å². The molecule has 0 bridgehead atoms. The topological polar surface area (TPSA) is 41.6 Å². The number of ether oxygens (including phenoxy) is 1. The third-order valence-corrected chi connectivity index (χ3v) is 5.56. The van der Waals surface area contributed by atoms with Gasteiger partial charge in [0.1, 0.15) is 5.75 Å². The van der Waals surface area contributed by atoms with Crippen LogP contribution < -0.4 is 10.1 Å². The standard InChI is InChI=1S/C20H30N2O2.ClH/c1-2-24-18-8-4-3-6-17(18)7-5-15-22-16-20(10-9-19(22)23)11-13-21-14-12-20;/h3-4,6,8,21H,2,5,7,9-16H2,1H3;1H. The molecule has 25 heavy (non-hydrogen) atoms. The normalized spacial score (nSPS) is 19.6. The van der Waals surface area contributed by atoms with E-state index in [1.54, 1.807) is 0 Å². The van der Waals surface area contributed by atoms with Crippen LogP contribution in [-0.2, 0) is 11.2 Å².